The Kier molecular flexibility index (Phi) is 4.86. The molecule has 0 unspecified atom stereocenters. The molecule has 3 aromatic rings. The van der Waals surface area contributed by atoms with Gasteiger partial charge in [-0.15, -0.1) is 0 Å². The summed E-state index contributed by atoms with van der Waals surface area (Å²) in [6.45, 7) is 1.92. The molecule has 3 rings (SSSR count). The highest BCUT2D eigenvalue weighted by atomic mass is 35.5. The zero-order valence-corrected chi connectivity index (χ0v) is 14.4. The zero-order valence-electron chi connectivity index (χ0n) is 13.7. The van der Waals surface area contributed by atoms with Crippen molar-refractivity contribution in [3.05, 3.63) is 76.3 Å². The van der Waals surface area contributed by atoms with Crippen molar-refractivity contribution in [2.24, 2.45) is 0 Å². The number of nitrogen functional groups attached to an aromatic ring is 1. The predicted octanol–water partition coefficient (Wildman–Crippen LogP) is 4.82. The first-order valence-electron chi connectivity index (χ1n) is 7.65. The lowest BCUT2D eigenvalue weighted by atomic mass is 10.1. The fraction of sp³-hybridized carbons (Fsp3) is 0.0526. The molecule has 7 heteroatoms. The van der Waals surface area contributed by atoms with Gasteiger partial charge in [0.15, 0.2) is 11.6 Å². The van der Waals surface area contributed by atoms with E-state index < -0.39 is 11.6 Å². The normalized spacial score (nSPS) is 10.6. The van der Waals surface area contributed by atoms with E-state index in [1.54, 1.807) is 12.1 Å². The number of aryl methyl sites for hydroxylation is 1. The monoisotopic (exact) mass is 373 g/mol. The van der Waals surface area contributed by atoms with E-state index in [-0.39, 0.29) is 33.7 Å². The van der Waals surface area contributed by atoms with Crippen molar-refractivity contribution in [1.29, 1.82) is 0 Å². The first-order valence-corrected chi connectivity index (χ1v) is 8.03. The van der Waals surface area contributed by atoms with Crippen LogP contribution in [-0.4, -0.2) is 10.9 Å². The number of nitrogens with one attached hydrogen (secondary N) is 1. The molecule has 4 nitrogen and oxygen atoms in total. The second-order valence-corrected chi connectivity index (χ2v) is 6.08. The van der Waals surface area contributed by atoms with Gasteiger partial charge < -0.3 is 11.1 Å². The number of benzene rings is 2. The van der Waals surface area contributed by atoms with Gasteiger partial charge in [-0.2, -0.15) is 0 Å². The van der Waals surface area contributed by atoms with Crippen LogP contribution in [0.1, 0.15) is 15.9 Å². The number of amides is 1. The fourth-order valence-electron chi connectivity index (χ4n) is 2.40. The SMILES string of the molecule is Cc1ccc(C(=O)Nc2ccc(-c3ccc(Cl)c(F)c3F)c(N)n2)cc1. The van der Waals surface area contributed by atoms with Gasteiger partial charge in [0, 0.05) is 16.7 Å². The Hall–Kier alpha value is -2.99. The molecule has 26 heavy (non-hydrogen) atoms. The number of hydrogen-bond donors (Lipinski definition) is 2. The number of pyridine rings is 1. The van der Waals surface area contributed by atoms with Gasteiger partial charge in [0.2, 0.25) is 0 Å². The zero-order chi connectivity index (χ0) is 18.8. The minimum absolute atomic E-state index is 0.0488. The summed E-state index contributed by atoms with van der Waals surface area (Å²) in [4.78, 5) is 16.3. The Bertz CT molecular complexity index is 991. The smallest absolute Gasteiger partial charge is 0.256 e. The minimum Gasteiger partial charge on any atom is -0.383 e. The van der Waals surface area contributed by atoms with E-state index in [4.69, 9.17) is 17.3 Å². The number of rotatable bonds is 3. The second kappa shape index (κ2) is 7.09. The summed E-state index contributed by atoms with van der Waals surface area (Å²) in [5, 5.41) is 2.29. The molecule has 0 aliphatic carbocycles. The van der Waals surface area contributed by atoms with Crippen molar-refractivity contribution >= 4 is 29.1 Å². The largest absolute Gasteiger partial charge is 0.383 e. The Labute approximate surface area is 153 Å². The molecule has 0 fully saturated rings. The van der Waals surface area contributed by atoms with Crippen LogP contribution in [0.2, 0.25) is 5.02 Å². The third-order valence-corrected chi connectivity index (χ3v) is 4.10. The third kappa shape index (κ3) is 3.50. The average molecular weight is 374 g/mol. The Morgan fingerprint density at radius 3 is 2.31 bits per heavy atom. The quantitative estimate of drug-likeness (QED) is 0.646. The van der Waals surface area contributed by atoms with Gasteiger partial charge >= 0.3 is 0 Å². The highest BCUT2D eigenvalue weighted by molar-refractivity contribution is 6.30. The predicted molar refractivity (Wildman–Crippen MR) is 98.1 cm³/mol. The summed E-state index contributed by atoms with van der Waals surface area (Å²) in [5.74, 6) is -2.46. The Morgan fingerprint density at radius 1 is 1.00 bits per heavy atom. The van der Waals surface area contributed by atoms with Gasteiger partial charge in [-0.1, -0.05) is 29.3 Å². The van der Waals surface area contributed by atoms with E-state index in [1.165, 1.54) is 24.3 Å². The van der Waals surface area contributed by atoms with Crippen molar-refractivity contribution in [1.82, 2.24) is 4.98 Å². The molecule has 0 atom stereocenters. The highest BCUT2D eigenvalue weighted by Gasteiger charge is 2.17. The van der Waals surface area contributed by atoms with Crippen LogP contribution in [0.4, 0.5) is 20.4 Å². The number of nitrogens with two attached hydrogens (primary N) is 1. The second-order valence-electron chi connectivity index (χ2n) is 5.67. The highest BCUT2D eigenvalue weighted by Crippen LogP contribution is 2.32. The molecule has 0 radical (unpaired) electrons. The Morgan fingerprint density at radius 2 is 1.65 bits per heavy atom. The van der Waals surface area contributed by atoms with Gasteiger partial charge in [-0.3, -0.25) is 4.79 Å². The fourth-order valence-corrected chi connectivity index (χ4v) is 2.55. The van der Waals surface area contributed by atoms with E-state index in [0.717, 1.165) is 5.56 Å². The minimum atomic E-state index is -1.15. The Balaban J connectivity index is 1.87. The molecule has 2 aromatic carbocycles. The molecule has 0 aliphatic heterocycles. The lowest BCUT2D eigenvalue weighted by Crippen LogP contribution is -2.13. The number of nitrogens with zero attached hydrogens (tertiary/aromatic N) is 1. The molecule has 0 saturated carbocycles. The molecule has 0 aliphatic rings. The third-order valence-electron chi connectivity index (χ3n) is 3.81. The molecule has 0 saturated heterocycles. The summed E-state index contributed by atoms with van der Waals surface area (Å²) in [5.41, 5.74) is 7.50. The van der Waals surface area contributed by atoms with E-state index in [0.29, 0.717) is 5.56 Å². The first kappa shape index (κ1) is 17.8. The standard InChI is InChI=1S/C19H14ClF2N3O/c1-10-2-4-11(5-3-10)19(26)25-15-9-7-13(18(23)24-15)12-6-8-14(20)17(22)16(12)21/h2-9H,1H3,(H3,23,24,25,26). The van der Waals surface area contributed by atoms with Crippen molar-refractivity contribution in [2.75, 3.05) is 11.1 Å². The van der Waals surface area contributed by atoms with Gasteiger partial charge in [0.25, 0.3) is 5.91 Å². The van der Waals surface area contributed by atoms with Gasteiger partial charge in [0.05, 0.1) is 5.02 Å². The van der Waals surface area contributed by atoms with Crippen molar-refractivity contribution in [2.45, 2.75) is 6.92 Å². The van der Waals surface area contributed by atoms with Gasteiger partial charge in [0.1, 0.15) is 11.6 Å². The van der Waals surface area contributed by atoms with Crippen LogP contribution < -0.4 is 11.1 Å². The van der Waals surface area contributed by atoms with Crippen LogP contribution in [-0.2, 0) is 0 Å². The summed E-state index contributed by atoms with van der Waals surface area (Å²) >= 11 is 5.55. The van der Waals surface area contributed by atoms with Crippen LogP contribution in [0.3, 0.4) is 0 Å². The van der Waals surface area contributed by atoms with E-state index in [9.17, 15) is 13.6 Å². The van der Waals surface area contributed by atoms with Gasteiger partial charge in [-0.25, -0.2) is 13.8 Å². The maximum atomic E-state index is 14.1. The summed E-state index contributed by atoms with van der Waals surface area (Å²) in [7, 11) is 0. The number of aromatic nitrogens is 1. The summed E-state index contributed by atoms with van der Waals surface area (Å²) in [6, 6.07) is 12.5. The lowest BCUT2D eigenvalue weighted by Gasteiger charge is -2.10. The van der Waals surface area contributed by atoms with Crippen molar-refractivity contribution in [3.63, 3.8) is 0 Å². The number of hydrogen-bond acceptors (Lipinski definition) is 3. The molecule has 132 valence electrons. The molecule has 3 N–H and O–H groups in total. The van der Waals surface area contributed by atoms with Crippen molar-refractivity contribution < 1.29 is 13.6 Å². The number of carbonyl (C=O) groups is 1. The molecular weight excluding hydrogens is 360 g/mol. The van der Waals surface area contributed by atoms with Gasteiger partial charge in [-0.05, 0) is 43.3 Å². The van der Waals surface area contributed by atoms with Crippen LogP contribution in [0.5, 0.6) is 0 Å². The van der Waals surface area contributed by atoms with E-state index in [2.05, 4.69) is 10.3 Å². The molecule has 1 amide bonds. The number of carbonyl (C=O) groups excluding carboxylic acids is 1. The first-order chi connectivity index (χ1) is 12.4. The average Bonchev–Trinajstić information content (AvgIpc) is 2.61. The van der Waals surface area contributed by atoms with E-state index >= 15 is 0 Å². The molecular formula is C19H14ClF2N3O. The van der Waals surface area contributed by atoms with E-state index in [1.807, 2.05) is 19.1 Å². The summed E-state index contributed by atoms with van der Waals surface area (Å²) in [6.07, 6.45) is 0. The van der Waals surface area contributed by atoms with Crippen LogP contribution in [0.15, 0.2) is 48.5 Å². The topological polar surface area (TPSA) is 68.0 Å². The van der Waals surface area contributed by atoms with Crippen LogP contribution in [0, 0.1) is 18.6 Å². The molecule has 0 spiro atoms. The lowest BCUT2D eigenvalue weighted by molar-refractivity contribution is 0.102. The number of halogens is 3. The van der Waals surface area contributed by atoms with Crippen LogP contribution >= 0.6 is 11.6 Å². The van der Waals surface area contributed by atoms with Crippen molar-refractivity contribution in [3.8, 4) is 11.1 Å². The summed E-state index contributed by atoms with van der Waals surface area (Å²) < 4.78 is 27.7. The number of anilines is 2. The molecule has 1 aromatic heterocycles. The molecule has 0 bridgehead atoms. The maximum absolute atomic E-state index is 14.1. The molecule has 1 heterocycles. The maximum Gasteiger partial charge on any atom is 0.256 e. The van der Waals surface area contributed by atoms with Crippen LogP contribution in [0.25, 0.3) is 11.1 Å².